The van der Waals surface area contributed by atoms with Crippen molar-refractivity contribution in [2.24, 2.45) is 0 Å². The third-order valence-corrected chi connectivity index (χ3v) is 6.20. The fourth-order valence-corrected chi connectivity index (χ4v) is 4.49. The summed E-state index contributed by atoms with van der Waals surface area (Å²) in [6, 6.07) is 14.3. The normalized spacial score (nSPS) is 18.7. The van der Waals surface area contributed by atoms with Crippen LogP contribution in [0.2, 0.25) is 5.02 Å². The highest BCUT2D eigenvalue weighted by molar-refractivity contribution is 6.33. The molecule has 6 heteroatoms. The summed E-state index contributed by atoms with van der Waals surface area (Å²) in [4.78, 5) is 21.0. The van der Waals surface area contributed by atoms with Gasteiger partial charge in [-0.05, 0) is 37.3 Å². The number of hydrogen-bond donors (Lipinski definition) is 0. The van der Waals surface area contributed by atoms with E-state index in [1.165, 1.54) is 0 Å². The van der Waals surface area contributed by atoms with Crippen molar-refractivity contribution >= 4 is 23.3 Å². The third-order valence-electron chi connectivity index (χ3n) is 5.92. The minimum atomic E-state index is -0.462. The lowest BCUT2D eigenvalue weighted by molar-refractivity contribution is 0.0792. The van der Waals surface area contributed by atoms with E-state index >= 15 is 0 Å². The maximum atomic E-state index is 12.5. The van der Waals surface area contributed by atoms with Gasteiger partial charge in [-0.15, -0.1) is 0 Å². The molecule has 1 aromatic carbocycles. The van der Waals surface area contributed by atoms with Gasteiger partial charge in [0.1, 0.15) is 5.82 Å². The van der Waals surface area contributed by atoms with E-state index in [1.807, 2.05) is 35.2 Å². The molecule has 28 heavy (non-hydrogen) atoms. The molecule has 0 unspecified atom stereocenters. The lowest BCUT2D eigenvalue weighted by Crippen LogP contribution is -2.42. The van der Waals surface area contributed by atoms with E-state index < -0.39 is 5.41 Å². The van der Waals surface area contributed by atoms with Crippen LogP contribution in [0.5, 0.6) is 0 Å². The molecule has 0 radical (unpaired) electrons. The van der Waals surface area contributed by atoms with E-state index in [1.54, 1.807) is 12.3 Å². The van der Waals surface area contributed by atoms with Crippen LogP contribution in [0.3, 0.4) is 0 Å². The van der Waals surface area contributed by atoms with Gasteiger partial charge in [0.2, 0.25) is 0 Å². The van der Waals surface area contributed by atoms with Gasteiger partial charge < -0.3 is 9.80 Å². The molecule has 1 aromatic heterocycles. The molecule has 2 aliphatic rings. The van der Waals surface area contributed by atoms with Gasteiger partial charge in [0.25, 0.3) is 5.91 Å². The minimum absolute atomic E-state index is 0.00432. The van der Waals surface area contributed by atoms with Crippen molar-refractivity contribution < 1.29 is 4.79 Å². The minimum Gasteiger partial charge on any atom is -0.355 e. The van der Waals surface area contributed by atoms with E-state index in [4.69, 9.17) is 11.6 Å². The Kier molecular flexibility index (Phi) is 5.23. The van der Waals surface area contributed by atoms with Gasteiger partial charge in [-0.1, -0.05) is 41.9 Å². The first kappa shape index (κ1) is 18.8. The molecular weight excluding hydrogens is 372 g/mol. The lowest BCUT2D eigenvalue weighted by Gasteiger charge is -2.38. The number of amides is 1. The number of piperidine rings is 1. The van der Waals surface area contributed by atoms with E-state index in [9.17, 15) is 10.1 Å². The summed E-state index contributed by atoms with van der Waals surface area (Å²) in [5, 5.41) is 10.3. The smallest absolute Gasteiger partial charge is 0.255 e. The molecule has 0 N–H and O–H groups in total. The Hall–Kier alpha value is -2.58. The van der Waals surface area contributed by atoms with Crippen molar-refractivity contribution in [3.05, 3.63) is 58.7 Å². The first-order valence-corrected chi connectivity index (χ1v) is 10.2. The van der Waals surface area contributed by atoms with Gasteiger partial charge in [0, 0.05) is 32.4 Å². The Bertz CT molecular complexity index is 894. The van der Waals surface area contributed by atoms with Crippen LogP contribution >= 0.6 is 11.6 Å². The molecule has 1 amide bonds. The van der Waals surface area contributed by atoms with Gasteiger partial charge in [0.15, 0.2) is 0 Å². The average Bonchev–Trinajstić information content (AvgIpc) is 3.29. The molecule has 3 heterocycles. The van der Waals surface area contributed by atoms with Crippen molar-refractivity contribution in [3.8, 4) is 6.07 Å². The van der Waals surface area contributed by atoms with Gasteiger partial charge in [-0.2, -0.15) is 5.26 Å². The zero-order chi connectivity index (χ0) is 19.6. The van der Waals surface area contributed by atoms with Crippen LogP contribution in [0.1, 0.15) is 41.6 Å². The van der Waals surface area contributed by atoms with Gasteiger partial charge >= 0.3 is 0 Å². The van der Waals surface area contributed by atoms with Crippen molar-refractivity contribution in [1.82, 2.24) is 9.88 Å². The van der Waals surface area contributed by atoms with Crippen molar-refractivity contribution in [2.75, 3.05) is 31.1 Å². The second-order valence-electron chi connectivity index (χ2n) is 7.58. The highest BCUT2D eigenvalue weighted by Gasteiger charge is 2.37. The monoisotopic (exact) mass is 394 g/mol. The standard InChI is InChI=1S/C22H23ClN4O/c23-19-14-17(21(28)27-10-4-5-11-27)15-25-20(19)26-12-8-22(16-24,9-13-26)18-6-2-1-3-7-18/h1-3,6-7,14-15H,4-5,8-13H2. The summed E-state index contributed by atoms with van der Waals surface area (Å²) < 4.78 is 0. The highest BCUT2D eigenvalue weighted by atomic mass is 35.5. The van der Waals surface area contributed by atoms with Crippen LogP contribution < -0.4 is 4.90 Å². The molecule has 2 fully saturated rings. The van der Waals surface area contributed by atoms with E-state index in [-0.39, 0.29) is 5.91 Å². The zero-order valence-electron chi connectivity index (χ0n) is 15.8. The van der Waals surface area contributed by atoms with Crippen LogP contribution in [0.4, 0.5) is 5.82 Å². The number of anilines is 1. The Morgan fingerprint density at radius 3 is 2.39 bits per heavy atom. The van der Waals surface area contributed by atoms with Crippen LogP contribution in [-0.2, 0) is 5.41 Å². The number of halogens is 1. The summed E-state index contributed by atoms with van der Waals surface area (Å²) in [6.45, 7) is 3.02. The summed E-state index contributed by atoms with van der Waals surface area (Å²) in [5.74, 6) is 0.698. The number of carbonyl (C=O) groups excluding carboxylic acids is 1. The lowest BCUT2D eigenvalue weighted by atomic mass is 9.74. The predicted octanol–water partition coefficient (Wildman–Crippen LogP) is 4.03. The fourth-order valence-electron chi connectivity index (χ4n) is 4.21. The number of nitriles is 1. The van der Waals surface area contributed by atoms with Gasteiger partial charge in [-0.25, -0.2) is 4.98 Å². The van der Waals surface area contributed by atoms with Crippen molar-refractivity contribution in [1.29, 1.82) is 5.26 Å². The molecule has 0 atom stereocenters. The largest absolute Gasteiger partial charge is 0.355 e. The molecule has 0 spiro atoms. The Labute approximate surface area is 170 Å². The maximum Gasteiger partial charge on any atom is 0.255 e. The topological polar surface area (TPSA) is 60.2 Å². The number of hydrogen-bond acceptors (Lipinski definition) is 4. The van der Waals surface area contributed by atoms with Crippen LogP contribution in [0.15, 0.2) is 42.6 Å². The number of nitrogens with zero attached hydrogens (tertiary/aromatic N) is 4. The molecule has 144 valence electrons. The van der Waals surface area contributed by atoms with Crippen molar-refractivity contribution in [2.45, 2.75) is 31.1 Å². The number of pyridine rings is 1. The number of rotatable bonds is 3. The summed E-state index contributed by atoms with van der Waals surface area (Å²) in [6.07, 6.45) is 5.19. The summed E-state index contributed by atoms with van der Waals surface area (Å²) in [7, 11) is 0. The number of aromatic nitrogens is 1. The van der Waals surface area contributed by atoms with E-state index in [0.29, 0.717) is 29.5 Å². The quantitative estimate of drug-likeness (QED) is 0.788. The molecule has 2 saturated heterocycles. The van der Waals surface area contributed by atoms with E-state index in [2.05, 4.69) is 16.0 Å². The first-order valence-electron chi connectivity index (χ1n) is 9.79. The molecule has 0 aliphatic carbocycles. The highest BCUT2D eigenvalue weighted by Crippen LogP contribution is 2.37. The Morgan fingerprint density at radius 1 is 1.11 bits per heavy atom. The second kappa shape index (κ2) is 7.81. The zero-order valence-corrected chi connectivity index (χ0v) is 16.5. The molecule has 5 nitrogen and oxygen atoms in total. The maximum absolute atomic E-state index is 12.5. The molecular formula is C22H23ClN4O. The van der Waals surface area contributed by atoms with Crippen LogP contribution in [0.25, 0.3) is 0 Å². The summed E-state index contributed by atoms with van der Waals surface area (Å²) in [5.41, 5.74) is 1.15. The third kappa shape index (κ3) is 3.45. The number of carbonyl (C=O) groups is 1. The Balaban J connectivity index is 1.49. The van der Waals surface area contributed by atoms with Crippen molar-refractivity contribution in [3.63, 3.8) is 0 Å². The fraction of sp³-hybridized carbons (Fsp3) is 0.409. The Morgan fingerprint density at radius 2 is 1.79 bits per heavy atom. The molecule has 0 saturated carbocycles. The van der Waals surface area contributed by atoms with Gasteiger partial charge in [-0.3, -0.25) is 4.79 Å². The molecule has 2 aromatic rings. The van der Waals surface area contributed by atoms with Gasteiger partial charge in [0.05, 0.1) is 22.1 Å². The van der Waals surface area contributed by atoms with Crippen LogP contribution in [-0.4, -0.2) is 42.0 Å². The number of likely N-dealkylation sites (tertiary alicyclic amines) is 1. The molecule has 2 aliphatic heterocycles. The summed E-state index contributed by atoms with van der Waals surface area (Å²) >= 11 is 6.50. The van der Waals surface area contributed by atoms with E-state index in [0.717, 1.165) is 44.3 Å². The molecule has 0 bridgehead atoms. The average molecular weight is 395 g/mol. The second-order valence-corrected chi connectivity index (χ2v) is 7.98. The molecule has 4 rings (SSSR count). The predicted molar refractivity (Wildman–Crippen MR) is 110 cm³/mol. The van der Waals surface area contributed by atoms with Crippen LogP contribution in [0, 0.1) is 11.3 Å². The number of benzene rings is 1. The first-order chi connectivity index (χ1) is 13.6. The SMILES string of the molecule is N#CC1(c2ccccc2)CCN(c2ncc(C(=O)N3CCCC3)cc2Cl)CC1.